The van der Waals surface area contributed by atoms with Crippen LogP contribution in [-0.2, 0) is 11.4 Å². The first kappa shape index (κ1) is 19.6. The number of aromatic nitrogens is 1. The third-order valence-electron chi connectivity index (χ3n) is 4.12. The quantitative estimate of drug-likeness (QED) is 0.642. The van der Waals surface area contributed by atoms with Crippen molar-refractivity contribution in [2.75, 3.05) is 0 Å². The standard InChI is InChI=1S/C21H21N3O3S/c1-13-8-10-16(11-9-13)27-12-17-23-14(2)19(28-17)21(26)24-18(20(22)25)15-6-4-3-5-7-15/h3-11,18H,12H2,1-2H3,(H2,22,25)(H,24,26). The Hall–Kier alpha value is -3.19. The summed E-state index contributed by atoms with van der Waals surface area (Å²) in [5, 5.41) is 3.38. The molecule has 6 nitrogen and oxygen atoms in total. The number of thiazole rings is 1. The van der Waals surface area contributed by atoms with Crippen LogP contribution in [0.1, 0.15) is 37.5 Å². The molecule has 3 rings (SSSR count). The Morgan fingerprint density at radius 1 is 1.11 bits per heavy atom. The van der Waals surface area contributed by atoms with E-state index in [0.29, 0.717) is 21.1 Å². The molecule has 7 heteroatoms. The highest BCUT2D eigenvalue weighted by Gasteiger charge is 2.23. The van der Waals surface area contributed by atoms with Gasteiger partial charge in [0.05, 0.1) is 5.69 Å². The molecule has 3 N–H and O–H groups in total. The Bertz CT molecular complexity index is 968. The molecule has 0 aliphatic rings. The van der Waals surface area contributed by atoms with Crippen molar-refractivity contribution >= 4 is 23.2 Å². The highest BCUT2D eigenvalue weighted by Crippen LogP contribution is 2.22. The SMILES string of the molecule is Cc1ccc(OCc2nc(C)c(C(=O)NC(C(N)=O)c3ccccc3)s2)cc1. The van der Waals surface area contributed by atoms with Crippen LogP contribution < -0.4 is 15.8 Å². The second kappa shape index (κ2) is 8.67. The monoisotopic (exact) mass is 395 g/mol. The molecular weight excluding hydrogens is 374 g/mol. The summed E-state index contributed by atoms with van der Waals surface area (Å²) < 4.78 is 5.73. The van der Waals surface area contributed by atoms with Crippen molar-refractivity contribution in [1.29, 1.82) is 0 Å². The highest BCUT2D eigenvalue weighted by molar-refractivity contribution is 7.13. The maximum atomic E-state index is 12.7. The zero-order valence-corrected chi connectivity index (χ0v) is 16.5. The summed E-state index contributed by atoms with van der Waals surface area (Å²) in [4.78, 5) is 29.3. The van der Waals surface area contributed by atoms with Gasteiger partial charge in [-0.1, -0.05) is 48.0 Å². The molecule has 3 aromatic rings. The number of aryl methyl sites for hydroxylation is 2. The molecule has 0 aliphatic carbocycles. The van der Waals surface area contributed by atoms with Crippen LogP contribution in [0.15, 0.2) is 54.6 Å². The fraction of sp³-hybridized carbons (Fsp3) is 0.190. The molecular formula is C21H21N3O3S. The van der Waals surface area contributed by atoms with E-state index in [2.05, 4.69) is 10.3 Å². The van der Waals surface area contributed by atoms with Gasteiger partial charge in [-0.2, -0.15) is 0 Å². The fourth-order valence-electron chi connectivity index (χ4n) is 2.67. The van der Waals surface area contributed by atoms with E-state index in [9.17, 15) is 9.59 Å². The van der Waals surface area contributed by atoms with Crippen LogP contribution in [0.2, 0.25) is 0 Å². The third-order valence-corrected chi connectivity index (χ3v) is 5.25. The van der Waals surface area contributed by atoms with Crippen LogP contribution in [0.3, 0.4) is 0 Å². The summed E-state index contributed by atoms with van der Waals surface area (Å²) in [6, 6.07) is 15.7. The van der Waals surface area contributed by atoms with Crippen molar-refractivity contribution < 1.29 is 14.3 Å². The van der Waals surface area contributed by atoms with Gasteiger partial charge in [0.2, 0.25) is 5.91 Å². The number of benzene rings is 2. The van der Waals surface area contributed by atoms with E-state index in [1.165, 1.54) is 11.3 Å². The molecule has 0 bridgehead atoms. The maximum Gasteiger partial charge on any atom is 0.264 e. The molecule has 0 saturated carbocycles. The number of ether oxygens (including phenoxy) is 1. The van der Waals surface area contributed by atoms with E-state index in [1.54, 1.807) is 31.2 Å². The molecule has 1 aromatic heterocycles. The van der Waals surface area contributed by atoms with Crippen LogP contribution in [0.25, 0.3) is 0 Å². The summed E-state index contributed by atoms with van der Waals surface area (Å²) in [6.45, 7) is 4.02. The maximum absolute atomic E-state index is 12.7. The topological polar surface area (TPSA) is 94.3 Å². The summed E-state index contributed by atoms with van der Waals surface area (Å²) in [7, 11) is 0. The zero-order valence-electron chi connectivity index (χ0n) is 15.6. The normalized spacial score (nSPS) is 11.6. The molecule has 1 heterocycles. The minimum Gasteiger partial charge on any atom is -0.486 e. The Morgan fingerprint density at radius 2 is 1.79 bits per heavy atom. The van der Waals surface area contributed by atoms with Gasteiger partial charge in [-0.05, 0) is 31.5 Å². The molecule has 0 saturated heterocycles. The van der Waals surface area contributed by atoms with Crippen LogP contribution in [0.5, 0.6) is 5.75 Å². The van der Waals surface area contributed by atoms with Crippen molar-refractivity contribution in [3.8, 4) is 5.75 Å². The molecule has 0 fully saturated rings. The van der Waals surface area contributed by atoms with Crippen molar-refractivity contribution in [1.82, 2.24) is 10.3 Å². The predicted octanol–water partition coefficient (Wildman–Crippen LogP) is 3.30. The first-order valence-electron chi connectivity index (χ1n) is 8.75. The second-order valence-electron chi connectivity index (χ2n) is 6.34. The van der Waals surface area contributed by atoms with Crippen LogP contribution in [-0.4, -0.2) is 16.8 Å². The van der Waals surface area contributed by atoms with Gasteiger partial charge >= 0.3 is 0 Å². The molecule has 0 aliphatic heterocycles. The minimum absolute atomic E-state index is 0.264. The number of hydrogen-bond acceptors (Lipinski definition) is 5. The lowest BCUT2D eigenvalue weighted by Gasteiger charge is -2.15. The molecule has 2 amide bonds. The molecule has 1 unspecified atom stereocenters. The van der Waals surface area contributed by atoms with E-state index in [0.717, 1.165) is 11.3 Å². The van der Waals surface area contributed by atoms with Crippen LogP contribution in [0, 0.1) is 13.8 Å². The van der Waals surface area contributed by atoms with E-state index >= 15 is 0 Å². The number of nitrogens with one attached hydrogen (secondary N) is 1. The number of carbonyl (C=O) groups is 2. The van der Waals surface area contributed by atoms with Crippen LogP contribution in [0.4, 0.5) is 0 Å². The molecule has 144 valence electrons. The number of rotatable bonds is 7. The number of nitrogens with zero attached hydrogens (tertiary/aromatic N) is 1. The minimum atomic E-state index is -0.901. The lowest BCUT2D eigenvalue weighted by Crippen LogP contribution is -2.37. The first-order chi connectivity index (χ1) is 13.4. The first-order valence-corrected chi connectivity index (χ1v) is 9.56. The summed E-state index contributed by atoms with van der Waals surface area (Å²) in [5.74, 6) is -0.267. The van der Waals surface area contributed by atoms with Crippen molar-refractivity contribution in [3.05, 3.63) is 81.3 Å². The van der Waals surface area contributed by atoms with Crippen molar-refractivity contribution in [3.63, 3.8) is 0 Å². The Labute approximate surface area is 167 Å². The lowest BCUT2D eigenvalue weighted by molar-refractivity contribution is -0.120. The van der Waals surface area contributed by atoms with Gasteiger partial charge in [0.25, 0.3) is 5.91 Å². The van der Waals surface area contributed by atoms with E-state index in [-0.39, 0.29) is 12.5 Å². The van der Waals surface area contributed by atoms with E-state index < -0.39 is 11.9 Å². The number of carbonyl (C=O) groups excluding carboxylic acids is 2. The Morgan fingerprint density at radius 3 is 2.43 bits per heavy atom. The Balaban J connectivity index is 1.70. The predicted molar refractivity (Wildman–Crippen MR) is 108 cm³/mol. The zero-order chi connectivity index (χ0) is 20.1. The van der Waals surface area contributed by atoms with Crippen molar-refractivity contribution in [2.45, 2.75) is 26.5 Å². The Kier molecular flexibility index (Phi) is 6.06. The lowest BCUT2D eigenvalue weighted by atomic mass is 10.1. The largest absolute Gasteiger partial charge is 0.486 e. The molecule has 2 aromatic carbocycles. The van der Waals surface area contributed by atoms with Gasteiger partial charge in [0, 0.05) is 0 Å². The highest BCUT2D eigenvalue weighted by atomic mass is 32.1. The second-order valence-corrected chi connectivity index (χ2v) is 7.43. The van der Waals surface area contributed by atoms with Crippen LogP contribution >= 0.6 is 11.3 Å². The summed E-state index contributed by atoms with van der Waals surface area (Å²) >= 11 is 1.24. The van der Waals surface area contributed by atoms with E-state index in [1.807, 2.05) is 37.3 Å². The number of primary amides is 1. The fourth-order valence-corrected chi connectivity index (χ4v) is 3.55. The number of nitrogens with two attached hydrogens (primary N) is 1. The van der Waals surface area contributed by atoms with Crippen molar-refractivity contribution in [2.24, 2.45) is 5.73 Å². The molecule has 1 atom stereocenters. The van der Waals surface area contributed by atoms with E-state index in [4.69, 9.17) is 10.5 Å². The number of hydrogen-bond donors (Lipinski definition) is 2. The number of amides is 2. The van der Waals surface area contributed by atoms with Gasteiger partial charge in [-0.3, -0.25) is 9.59 Å². The average molecular weight is 395 g/mol. The molecule has 0 radical (unpaired) electrons. The summed E-state index contributed by atoms with van der Waals surface area (Å²) in [5.41, 5.74) is 7.84. The van der Waals surface area contributed by atoms with Gasteiger partial charge in [0.1, 0.15) is 28.3 Å². The molecule has 28 heavy (non-hydrogen) atoms. The smallest absolute Gasteiger partial charge is 0.264 e. The van der Waals surface area contributed by atoms with Gasteiger partial charge in [0.15, 0.2) is 0 Å². The van der Waals surface area contributed by atoms with Gasteiger partial charge in [-0.25, -0.2) is 4.98 Å². The third kappa shape index (κ3) is 4.75. The van der Waals surface area contributed by atoms with Gasteiger partial charge in [-0.15, -0.1) is 11.3 Å². The average Bonchev–Trinajstić information content (AvgIpc) is 3.06. The van der Waals surface area contributed by atoms with Gasteiger partial charge < -0.3 is 15.8 Å². The molecule has 0 spiro atoms. The summed E-state index contributed by atoms with van der Waals surface area (Å²) in [6.07, 6.45) is 0.